The molecule has 1 aliphatic rings. The third kappa shape index (κ3) is 2.51. The van der Waals surface area contributed by atoms with E-state index in [9.17, 15) is 10.2 Å². The molecular formula is C15H12BrClO3. The number of benzene rings is 2. The molecule has 2 aromatic rings. The lowest BCUT2D eigenvalue weighted by atomic mass is 9.95. The topological polar surface area (TPSA) is 49.7 Å². The zero-order chi connectivity index (χ0) is 14.3. The molecule has 1 aliphatic heterocycles. The van der Waals surface area contributed by atoms with Crippen molar-refractivity contribution in [3.05, 3.63) is 57.0 Å². The van der Waals surface area contributed by atoms with Crippen molar-refractivity contribution in [2.24, 2.45) is 0 Å². The molecule has 3 rings (SSSR count). The molecule has 104 valence electrons. The summed E-state index contributed by atoms with van der Waals surface area (Å²) in [5.74, 6) is 0.706. The highest BCUT2D eigenvalue weighted by Gasteiger charge is 2.28. The molecule has 2 atom stereocenters. The van der Waals surface area contributed by atoms with Crippen LogP contribution in [0.2, 0.25) is 5.02 Å². The molecule has 0 radical (unpaired) electrons. The summed E-state index contributed by atoms with van der Waals surface area (Å²) in [6.45, 7) is 0. The van der Waals surface area contributed by atoms with E-state index >= 15 is 0 Å². The van der Waals surface area contributed by atoms with E-state index in [-0.39, 0.29) is 16.9 Å². The average Bonchev–Trinajstić information content (AvgIpc) is 2.42. The Kier molecular flexibility index (Phi) is 3.63. The second-order valence-corrected chi connectivity index (χ2v) is 6.07. The van der Waals surface area contributed by atoms with Crippen LogP contribution in [-0.4, -0.2) is 10.2 Å². The summed E-state index contributed by atoms with van der Waals surface area (Å²) in [5, 5.41) is 20.0. The van der Waals surface area contributed by atoms with Crippen molar-refractivity contribution in [3.8, 4) is 11.5 Å². The van der Waals surface area contributed by atoms with Gasteiger partial charge >= 0.3 is 0 Å². The predicted molar refractivity (Wildman–Crippen MR) is 80.2 cm³/mol. The molecule has 0 aliphatic carbocycles. The lowest BCUT2D eigenvalue weighted by Gasteiger charge is -2.30. The molecule has 20 heavy (non-hydrogen) atoms. The van der Waals surface area contributed by atoms with Crippen molar-refractivity contribution in [2.75, 3.05) is 0 Å². The number of ether oxygens (including phenoxy) is 1. The van der Waals surface area contributed by atoms with Crippen molar-refractivity contribution >= 4 is 27.5 Å². The first-order valence-corrected chi connectivity index (χ1v) is 7.34. The van der Waals surface area contributed by atoms with Crippen LogP contribution in [0, 0.1) is 0 Å². The van der Waals surface area contributed by atoms with Gasteiger partial charge in [0, 0.05) is 16.5 Å². The van der Waals surface area contributed by atoms with Crippen molar-refractivity contribution in [3.63, 3.8) is 0 Å². The third-order valence-corrected chi connectivity index (χ3v) is 4.18. The Morgan fingerprint density at radius 1 is 1.20 bits per heavy atom. The third-order valence-electron chi connectivity index (χ3n) is 3.38. The number of hydrogen-bond donors (Lipinski definition) is 2. The molecule has 0 bridgehead atoms. The van der Waals surface area contributed by atoms with E-state index in [0.29, 0.717) is 12.2 Å². The zero-order valence-corrected chi connectivity index (χ0v) is 12.7. The first-order valence-electron chi connectivity index (χ1n) is 6.17. The second-order valence-electron chi connectivity index (χ2n) is 4.75. The first kappa shape index (κ1) is 13.7. The van der Waals surface area contributed by atoms with E-state index in [1.165, 1.54) is 6.07 Å². The highest BCUT2D eigenvalue weighted by atomic mass is 79.9. The largest absolute Gasteiger partial charge is 0.506 e. The maximum atomic E-state index is 10.3. The SMILES string of the molecule is Oc1ccc(C2C[C@H](O)c3cc(Br)ccc3O2)cc1Cl. The van der Waals surface area contributed by atoms with Gasteiger partial charge in [0.15, 0.2) is 0 Å². The van der Waals surface area contributed by atoms with Crippen molar-refractivity contribution < 1.29 is 14.9 Å². The molecule has 0 aromatic heterocycles. The van der Waals surface area contributed by atoms with Crippen molar-refractivity contribution in [1.82, 2.24) is 0 Å². The minimum absolute atomic E-state index is 0.0381. The van der Waals surface area contributed by atoms with Crippen LogP contribution >= 0.6 is 27.5 Å². The van der Waals surface area contributed by atoms with Gasteiger partial charge in [0.05, 0.1) is 11.1 Å². The molecule has 5 heteroatoms. The van der Waals surface area contributed by atoms with Gasteiger partial charge in [-0.25, -0.2) is 0 Å². The number of phenolic OH excluding ortho intramolecular Hbond substituents is 1. The highest BCUT2D eigenvalue weighted by Crippen LogP contribution is 2.42. The predicted octanol–water partition coefficient (Wildman–Crippen LogP) is 4.37. The quantitative estimate of drug-likeness (QED) is 0.799. The van der Waals surface area contributed by atoms with E-state index in [1.54, 1.807) is 12.1 Å². The summed E-state index contributed by atoms with van der Waals surface area (Å²) >= 11 is 9.30. The van der Waals surface area contributed by atoms with Crippen LogP contribution in [0.3, 0.4) is 0 Å². The van der Waals surface area contributed by atoms with Crippen LogP contribution in [0.15, 0.2) is 40.9 Å². The van der Waals surface area contributed by atoms with Gasteiger partial charge in [-0.05, 0) is 35.9 Å². The van der Waals surface area contributed by atoms with Gasteiger partial charge in [0.1, 0.15) is 17.6 Å². The number of aromatic hydroxyl groups is 1. The summed E-state index contributed by atoms with van der Waals surface area (Å²) in [6, 6.07) is 10.5. The van der Waals surface area contributed by atoms with Crippen molar-refractivity contribution in [2.45, 2.75) is 18.6 Å². The summed E-state index contributed by atoms with van der Waals surface area (Å²) in [5.41, 5.74) is 1.61. The van der Waals surface area contributed by atoms with Crippen molar-refractivity contribution in [1.29, 1.82) is 0 Å². The maximum Gasteiger partial charge on any atom is 0.134 e. The Labute approximate surface area is 129 Å². The summed E-state index contributed by atoms with van der Waals surface area (Å²) in [6.07, 6.45) is -0.421. The molecule has 0 saturated heterocycles. The highest BCUT2D eigenvalue weighted by molar-refractivity contribution is 9.10. The van der Waals surface area contributed by atoms with E-state index in [1.807, 2.05) is 18.2 Å². The number of rotatable bonds is 1. The fourth-order valence-corrected chi connectivity index (χ4v) is 2.91. The smallest absolute Gasteiger partial charge is 0.134 e. The van der Waals surface area contributed by atoms with E-state index in [0.717, 1.165) is 15.6 Å². The van der Waals surface area contributed by atoms with Crippen LogP contribution < -0.4 is 4.74 Å². The lowest BCUT2D eigenvalue weighted by Crippen LogP contribution is -2.19. The van der Waals surface area contributed by atoms with E-state index < -0.39 is 6.10 Å². The zero-order valence-electron chi connectivity index (χ0n) is 10.4. The Morgan fingerprint density at radius 2 is 2.00 bits per heavy atom. The molecule has 1 heterocycles. The van der Waals surface area contributed by atoms with Gasteiger partial charge in [-0.15, -0.1) is 0 Å². The number of aliphatic hydroxyl groups is 1. The van der Waals surface area contributed by atoms with Crippen LogP contribution in [0.1, 0.15) is 29.8 Å². The molecule has 3 nitrogen and oxygen atoms in total. The fraction of sp³-hybridized carbons (Fsp3) is 0.200. The Balaban J connectivity index is 1.94. The normalized spacial score (nSPS) is 21.1. The maximum absolute atomic E-state index is 10.3. The average molecular weight is 356 g/mol. The number of halogens is 2. The molecule has 0 saturated carbocycles. The number of phenols is 1. The molecule has 0 spiro atoms. The lowest BCUT2D eigenvalue weighted by molar-refractivity contribution is 0.0657. The minimum atomic E-state index is -0.589. The molecular weight excluding hydrogens is 344 g/mol. The summed E-state index contributed by atoms with van der Waals surface area (Å²) in [7, 11) is 0. The monoisotopic (exact) mass is 354 g/mol. The Morgan fingerprint density at radius 3 is 2.75 bits per heavy atom. The molecule has 2 aromatic carbocycles. The van der Waals surface area contributed by atoms with Crippen LogP contribution in [0.5, 0.6) is 11.5 Å². The minimum Gasteiger partial charge on any atom is -0.506 e. The van der Waals surface area contributed by atoms with Gasteiger partial charge in [-0.2, -0.15) is 0 Å². The van der Waals surface area contributed by atoms with Gasteiger partial charge in [0.2, 0.25) is 0 Å². The van der Waals surface area contributed by atoms with E-state index in [2.05, 4.69) is 15.9 Å². The van der Waals surface area contributed by atoms with Gasteiger partial charge < -0.3 is 14.9 Å². The molecule has 0 fully saturated rings. The van der Waals surface area contributed by atoms with E-state index in [4.69, 9.17) is 16.3 Å². The second kappa shape index (κ2) is 5.28. The van der Waals surface area contributed by atoms with Gasteiger partial charge in [-0.3, -0.25) is 0 Å². The van der Waals surface area contributed by atoms with Crippen LogP contribution in [0.25, 0.3) is 0 Å². The summed E-state index contributed by atoms with van der Waals surface area (Å²) in [4.78, 5) is 0. The van der Waals surface area contributed by atoms with Gasteiger partial charge in [0.25, 0.3) is 0 Å². The number of hydrogen-bond acceptors (Lipinski definition) is 3. The number of fused-ring (bicyclic) bond motifs is 1. The van der Waals surface area contributed by atoms with Crippen LogP contribution in [-0.2, 0) is 0 Å². The fourth-order valence-electron chi connectivity index (χ4n) is 2.35. The summed E-state index contributed by atoms with van der Waals surface area (Å²) < 4.78 is 6.82. The van der Waals surface area contributed by atoms with Gasteiger partial charge in [-0.1, -0.05) is 33.6 Å². The number of aliphatic hydroxyl groups excluding tert-OH is 1. The Hall–Kier alpha value is -1.23. The Bertz CT molecular complexity index is 660. The van der Waals surface area contributed by atoms with Crippen LogP contribution in [0.4, 0.5) is 0 Å². The molecule has 2 N–H and O–H groups in total. The molecule has 0 amide bonds. The first-order chi connectivity index (χ1) is 9.54. The standard InChI is InChI=1S/C15H12BrClO3/c16-9-2-4-14-10(6-9)13(19)7-15(20-14)8-1-3-12(18)11(17)5-8/h1-6,13,15,18-19H,7H2/t13-,15?/m0/s1. The molecule has 1 unspecified atom stereocenters.